The third kappa shape index (κ3) is 3.83. The first-order valence-corrected chi connectivity index (χ1v) is 13.5. The molecule has 8 nitrogen and oxygen atoms in total. The average Bonchev–Trinajstić information content (AvgIpc) is 3.31. The molecule has 5 aromatic rings. The predicted molar refractivity (Wildman–Crippen MR) is 145 cm³/mol. The van der Waals surface area contributed by atoms with Crippen LogP contribution >= 0.6 is 0 Å². The van der Waals surface area contributed by atoms with E-state index in [-0.39, 0.29) is 11.5 Å². The molecule has 6 rings (SSSR count). The number of ether oxygens (including phenoxy) is 1. The number of hydrogen-bond donors (Lipinski definition) is 2. The lowest BCUT2D eigenvalue weighted by molar-refractivity contribution is 0.381. The molecule has 38 heavy (non-hydrogen) atoms. The largest absolute Gasteiger partial charge is 0.496 e. The highest BCUT2D eigenvalue weighted by Gasteiger charge is 2.25. The number of aromatic nitrogens is 3. The monoisotopic (exact) mass is 530 g/mol. The number of piperidine rings is 1. The Morgan fingerprint density at radius 3 is 2.63 bits per heavy atom. The maximum atomic E-state index is 14.0. The van der Waals surface area contributed by atoms with Gasteiger partial charge < -0.3 is 19.6 Å². The van der Waals surface area contributed by atoms with Crippen LogP contribution in [0.25, 0.3) is 44.0 Å². The van der Waals surface area contributed by atoms with Crippen LogP contribution in [-0.4, -0.2) is 43.2 Å². The molecule has 1 aliphatic rings. The number of methoxy groups -OCH3 is 1. The third-order valence-corrected chi connectivity index (χ3v) is 8.00. The average molecular weight is 531 g/mol. The summed E-state index contributed by atoms with van der Waals surface area (Å²) in [6.07, 6.45) is 9.70. The summed E-state index contributed by atoms with van der Waals surface area (Å²) in [5, 5.41) is 5.19. The molecule has 0 radical (unpaired) electrons. The molecule has 0 unspecified atom stereocenters. The van der Waals surface area contributed by atoms with Gasteiger partial charge in [-0.2, -0.15) is 8.42 Å². The zero-order chi connectivity index (χ0) is 26.6. The number of nitrogens with zero attached hydrogens (tertiary/aromatic N) is 2. The Balaban J connectivity index is 1.74. The fraction of sp³-hybridized carbons (Fsp3) is 0.214. The molecule has 192 valence electrons. The van der Waals surface area contributed by atoms with Crippen molar-refractivity contribution in [2.45, 2.75) is 23.8 Å². The second kappa shape index (κ2) is 8.97. The van der Waals surface area contributed by atoms with E-state index in [1.165, 1.54) is 19.4 Å². The number of hydrogen-bond acceptors (Lipinski definition) is 6. The summed E-state index contributed by atoms with van der Waals surface area (Å²) in [6.45, 7) is 1.65. The van der Waals surface area contributed by atoms with Gasteiger partial charge in [-0.1, -0.05) is 12.0 Å². The van der Waals surface area contributed by atoms with Gasteiger partial charge in [0.2, 0.25) is 0 Å². The van der Waals surface area contributed by atoms with Gasteiger partial charge in [-0.05, 0) is 56.3 Å². The Bertz CT molecular complexity index is 1970. The van der Waals surface area contributed by atoms with Gasteiger partial charge in [0.15, 0.2) is 5.43 Å². The number of benzene rings is 2. The van der Waals surface area contributed by atoms with Crippen molar-refractivity contribution < 1.29 is 17.0 Å². The molecule has 2 aromatic carbocycles. The number of fused-ring (bicyclic) bond motifs is 4. The summed E-state index contributed by atoms with van der Waals surface area (Å²) in [4.78, 5) is 20.8. The van der Waals surface area contributed by atoms with Gasteiger partial charge in [0, 0.05) is 46.0 Å². The molecule has 0 atom stereocenters. The first-order chi connectivity index (χ1) is 18.3. The predicted octanol–water partition coefficient (Wildman–Crippen LogP) is 4.27. The van der Waals surface area contributed by atoms with Crippen LogP contribution in [0.4, 0.5) is 3.89 Å². The van der Waals surface area contributed by atoms with Gasteiger partial charge in [-0.15, -0.1) is 10.3 Å². The lowest BCUT2D eigenvalue weighted by Crippen LogP contribution is -2.30. The fourth-order valence-corrected chi connectivity index (χ4v) is 5.88. The highest BCUT2D eigenvalue weighted by atomic mass is 32.3. The maximum Gasteiger partial charge on any atom is 0.333 e. The van der Waals surface area contributed by atoms with E-state index in [4.69, 9.17) is 11.2 Å². The standard InChI is InChI=1S/C28H23FN4O4S/c1-3-16-4-5-20-23(10-16)32-28-26(20)27(34)22-13-25(37-2)21(17-11-19(15-31-14-17)38(29,35)36)12-24(22)33(28)18-6-8-30-9-7-18/h1,4-5,10-15,18,30,32H,6-9H2,2H3. The van der Waals surface area contributed by atoms with Crippen LogP contribution in [0.3, 0.4) is 0 Å². The summed E-state index contributed by atoms with van der Waals surface area (Å²) >= 11 is 0. The molecule has 0 aliphatic carbocycles. The zero-order valence-corrected chi connectivity index (χ0v) is 21.2. The highest BCUT2D eigenvalue weighted by Crippen LogP contribution is 2.38. The molecule has 2 N–H and O–H groups in total. The van der Waals surface area contributed by atoms with E-state index < -0.39 is 15.1 Å². The molecule has 1 fully saturated rings. The first-order valence-electron chi connectivity index (χ1n) is 12.1. The topological polar surface area (TPSA) is 106 Å². The van der Waals surface area contributed by atoms with E-state index in [1.54, 1.807) is 12.1 Å². The van der Waals surface area contributed by atoms with Crippen molar-refractivity contribution in [2.75, 3.05) is 20.2 Å². The van der Waals surface area contributed by atoms with Crippen molar-refractivity contribution in [3.8, 4) is 29.2 Å². The number of halogens is 1. The van der Waals surface area contributed by atoms with Gasteiger partial charge in [-0.3, -0.25) is 9.78 Å². The second-order valence-electron chi connectivity index (χ2n) is 9.35. The quantitative estimate of drug-likeness (QED) is 0.266. The second-order valence-corrected chi connectivity index (χ2v) is 10.7. The number of terminal acetylenes is 1. The molecule has 1 saturated heterocycles. The van der Waals surface area contributed by atoms with Crippen molar-refractivity contribution in [3.05, 3.63) is 64.6 Å². The Morgan fingerprint density at radius 1 is 1.13 bits per heavy atom. The van der Waals surface area contributed by atoms with Gasteiger partial charge in [-0.25, -0.2) is 0 Å². The van der Waals surface area contributed by atoms with Crippen LogP contribution < -0.4 is 15.5 Å². The number of pyridine rings is 2. The summed E-state index contributed by atoms with van der Waals surface area (Å²) < 4.78 is 44.7. The minimum atomic E-state index is -4.96. The van der Waals surface area contributed by atoms with E-state index in [2.05, 4.69) is 25.8 Å². The van der Waals surface area contributed by atoms with Crippen LogP contribution in [0.15, 0.2) is 58.5 Å². The summed E-state index contributed by atoms with van der Waals surface area (Å²) in [5.41, 5.74) is 3.49. The molecular formula is C28H23FN4O4S. The number of aromatic amines is 1. The van der Waals surface area contributed by atoms with Crippen LogP contribution in [0.5, 0.6) is 5.75 Å². The van der Waals surface area contributed by atoms with Gasteiger partial charge in [0.25, 0.3) is 0 Å². The van der Waals surface area contributed by atoms with Crippen molar-refractivity contribution in [1.82, 2.24) is 19.9 Å². The summed E-state index contributed by atoms with van der Waals surface area (Å²) in [5.74, 6) is 2.98. The Morgan fingerprint density at radius 2 is 1.92 bits per heavy atom. The molecule has 1 aliphatic heterocycles. The van der Waals surface area contributed by atoms with E-state index in [0.29, 0.717) is 44.4 Å². The fourth-order valence-electron chi connectivity index (χ4n) is 5.43. The lowest BCUT2D eigenvalue weighted by Gasteiger charge is -2.28. The van der Waals surface area contributed by atoms with E-state index in [0.717, 1.165) is 43.0 Å². The molecular weight excluding hydrogens is 507 g/mol. The minimum absolute atomic E-state index is 0.0824. The van der Waals surface area contributed by atoms with Gasteiger partial charge in [0.1, 0.15) is 16.3 Å². The molecule has 10 heteroatoms. The number of rotatable bonds is 4. The number of nitrogens with one attached hydrogen (secondary N) is 2. The maximum absolute atomic E-state index is 14.0. The molecule has 0 amide bonds. The lowest BCUT2D eigenvalue weighted by atomic mass is 9.99. The van der Waals surface area contributed by atoms with E-state index in [9.17, 15) is 17.1 Å². The third-order valence-electron chi connectivity index (χ3n) is 7.21. The molecule has 3 aromatic heterocycles. The molecule has 0 saturated carbocycles. The molecule has 0 bridgehead atoms. The van der Waals surface area contributed by atoms with Crippen molar-refractivity contribution in [2.24, 2.45) is 0 Å². The molecule has 4 heterocycles. The smallest absolute Gasteiger partial charge is 0.333 e. The molecule has 0 spiro atoms. The SMILES string of the molecule is C#Cc1ccc2c(c1)[nH]c1c2c(=O)c2cc(OC)c(-c3cncc(S(=O)(=O)F)c3)cc2n1C1CCNCC1. The minimum Gasteiger partial charge on any atom is -0.496 e. The van der Waals surface area contributed by atoms with Crippen molar-refractivity contribution >= 4 is 43.1 Å². The van der Waals surface area contributed by atoms with E-state index in [1.807, 2.05) is 18.2 Å². The normalized spacial score (nSPS) is 14.8. The first kappa shape index (κ1) is 24.2. The summed E-state index contributed by atoms with van der Waals surface area (Å²) in [7, 11) is -3.50. The Labute approximate surface area is 217 Å². The highest BCUT2D eigenvalue weighted by molar-refractivity contribution is 7.86. The van der Waals surface area contributed by atoms with Gasteiger partial charge in [0.05, 0.1) is 23.4 Å². The van der Waals surface area contributed by atoms with Gasteiger partial charge >= 0.3 is 10.2 Å². The summed E-state index contributed by atoms with van der Waals surface area (Å²) in [6, 6.07) is 10.3. The van der Waals surface area contributed by atoms with Crippen LogP contribution in [0, 0.1) is 12.3 Å². The van der Waals surface area contributed by atoms with Crippen molar-refractivity contribution in [1.29, 1.82) is 0 Å². The van der Waals surface area contributed by atoms with Crippen LogP contribution in [-0.2, 0) is 10.2 Å². The number of H-pyrrole nitrogens is 1. The van der Waals surface area contributed by atoms with Crippen LogP contribution in [0.1, 0.15) is 24.4 Å². The van der Waals surface area contributed by atoms with E-state index >= 15 is 0 Å². The van der Waals surface area contributed by atoms with Crippen LogP contribution in [0.2, 0.25) is 0 Å². The zero-order valence-electron chi connectivity index (χ0n) is 20.4. The Hall–Kier alpha value is -4.20. The Kier molecular flexibility index (Phi) is 5.70. The van der Waals surface area contributed by atoms with Crippen molar-refractivity contribution in [3.63, 3.8) is 0 Å².